The predicted molar refractivity (Wildman–Crippen MR) is 65.4 cm³/mol. The normalized spacial score (nSPS) is 17.9. The van der Waals surface area contributed by atoms with Crippen molar-refractivity contribution < 1.29 is 13.2 Å². The molecule has 0 spiro atoms. The number of aromatic amines is 1. The number of pyridine rings is 1. The Morgan fingerprint density at radius 2 is 2.00 bits per heavy atom. The molecule has 0 radical (unpaired) electrons. The van der Waals surface area contributed by atoms with E-state index in [4.69, 9.17) is 4.74 Å². The Labute approximate surface area is 108 Å². The maximum Gasteiger partial charge on any atom is 0.347 e. The molecule has 0 atom stereocenters. The van der Waals surface area contributed by atoms with Crippen LogP contribution in [0.1, 0.15) is 0 Å². The Morgan fingerprint density at radius 3 is 2.74 bits per heavy atom. The van der Waals surface area contributed by atoms with Crippen LogP contribution < -0.4 is 5.69 Å². The number of aromatic nitrogens is 3. The summed E-state index contributed by atoms with van der Waals surface area (Å²) in [5.41, 5.74) is -0.0834. The van der Waals surface area contributed by atoms with E-state index in [1.54, 1.807) is 0 Å². The van der Waals surface area contributed by atoms with Gasteiger partial charge in [-0.25, -0.2) is 22.7 Å². The lowest BCUT2D eigenvalue weighted by molar-refractivity contribution is 0.0730. The van der Waals surface area contributed by atoms with Crippen LogP contribution in [0.5, 0.6) is 0 Å². The minimum absolute atomic E-state index is 0.0744. The van der Waals surface area contributed by atoms with Crippen LogP contribution in [0, 0.1) is 0 Å². The number of rotatable bonds is 2. The molecule has 1 fully saturated rings. The van der Waals surface area contributed by atoms with Gasteiger partial charge in [0, 0.05) is 19.3 Å². The highest BCUT2D eigenvalue weighted by Gasteiger charge is 2.26. The number of H-pyrrole nitrogens is 1. The van der Waals surface area contributed by atoms with Gasteiger partial charge in [0.15, 0.2) is 5.65 Å². The van der Waals surface area contributed by atoms with Crippen molar-refractivity contribution in [3.8, 4) is 0 Å². The third kappa shape index (κ3) is 2.05. The zero-order valence-corrected chi connectivity index (χ0v) is 10.8. The number of morpholine rings is 1. The van der Waals surface area contributed by atoms with E-state index in [9.17, 15) is 13.2 Å². The van der Waals surface area contributed by atoms with Crippen LogP contribution in [-0.4, -0.2) is 53.6 Å². The highest BCUT2D eigenvalue weighted by atomic mass is 32.2. The summed E-state index contributed by atoms with van der Waals surface area (Å²) in [6, 6.07) is 2.94. The molecule has 1 aliphatic heterocycles. The summed E-state index contributed by atoms with van der Waals surface area (Å²) in [6.07, 6.45) is 1.28. The summed E-state index contributed by atoms with van der Waals surface area (Å²) in [7, 11) is -3.60. The highest BCUT2D eigenvalue weighted by Crippen LogP contribution is 2.16. The van der Waals surface area contributed by atoms with Gasteiger partial charge in [0.05, 0.1) is 18.1 Å². The van der Waals surface area contributed by atoms with Gasteiger partial charge >= 0.3 is 5.69 Å². The number of hydrogen-bond donors (Lipinski definition) is 1. The molecule has 0 bridgehead atoms. The smallest absolute Gasteiger partial charge is 0.347 e. The van der Waals surface area contributed by atoms with E-state index in [-0.39, 0.29) is 4.90 Å². The maximum atomic E-state index is 12.4. The molecule has 3 rings (SSSR count). The van der Waals surface area contributed by atoms with Crippen molar-refractivity contribution in [2.75, 3.05) is 26.3 Å². The fourth-order valence-corrected chi connectivity index (χ4v) is 3.38. The first-order valence-corrected chi connectivity index (χ1v) is 7.18. The van der Waals surface area contributed by atoms with Crippen LogP contribution in [-0.2, 0) is 14.8 Å². The SMILES string of the molecule is O=c1[nH]nc2ccc(S(=O)(=O)N3CCOCC3)cn12. The van der Waals surface area contributed by atoms with Crippen molar-refractivity contribution >= 4 is 15.7 Å². The number of hydrogen-bond acceptors (Lipinski definition) is 5. The monoisotopic (exact) mass is 284 g/mol. The summed E-state index contributed by atoms with van der Waals surface area (Å²) in [5, 5.41) is 6.01. The van der Waals surface area contributed by atoms with Gasteiger partial charge in [-0.1, -0.05) is 0 Å². The van der Waals surface area contributed by atoms with Gasteiger partial charge in [-0.2, -0.15) is 9.40 Å². The van der Waals surface area contributed by atoms with Gasteiger partial charge in [-0.05, 0) is 12.1 Å². The molecule has 9 heteroatoms. The molecular weight excluding hydrogens is 272 g/mol. The number of fused-ring (bicyclic) bond motifs is 1. The molecule has 0 aromatic carbocycles. The summed E-state index contributed by atoms with van der Waals surface area (Å²) < 4.78 is 32.4. The van der Waals surface area contributed by atoms with Crippen molar-refractivity contribution in [2.24, 2.45) is 0 Å². The third-order valence-electron chi connectivity index (χ3n) is 2.99. The van der Waals surface area contributed by atoms with Crippen LogP contribution in [0.3, 0.4) is 0 Å². The first-order valence-electron chi connectivity index (χ1n) is 5.74. The first kappa shape index (κ1) is 12.3. The lowest BCUT2D eigenvalue weighted by Gasteiger charge is -2.25. The first-order chi connectivity index (χ1) is 9.09. The fourth-order valence-electron chi connectivity index (χ4n) is 1.97. The van der Waals surface area contributed by atoms with Crippen molar-refractivity contribution in [1.29, 1.82) is 0 Å². The van der Waals surface area contributed by atoms with Crippen molar-refractivity contribution in [1.82, 2.24) is 18.9 Å². The van der Waals surface area contributed by atoms with Gasteiger partial charge in [0.25, 0.3) is 0 Å². The summed E-state index contributed by atoms with van der Waals surface area (Å²) >= 11 is 0. The molecule has 1 N–H and O–H groups in total. The predicted octanol–water partition coefficient (Wildman–Crippen LogP) is -0.956. The van der Waals surface area contributed by atoms with Gasteiger partial charge in [-0.15, -0.1) is 0 Å². The molecule has 0 unspecified atom stereocenters. The molecule has 2 aromatic heterocycles. The Bertz CT molecular complexity index is 757. The Kier molecular flexibility index (Phi) is 2.88. The molecule has 0 amide bonds. The maximum absolute atomic E-state index is 12.4. The molecule has 0 saturated carbocycles. The highest BCUT2D eigenvalue weighted by molar-refractivity contribution is 7.89. The van der Waals surface area contributed by atoms with E-state index < -0.39 is 15.7 Å². The molecule has 102 valence electrons. The topological polar surface area (TPSA) is 96.8 Å². The number of nitrogens with zero attached hydrogens (tertiary/aromatic N) is 3. The number of sulfonamides is 1. The van der Waals surface area contributed by atoms with E-state index in [0.717, 1.165) is 0 Å². The van der Waals surface area contributed by atoms with Gasteiger partial charge in [0.1, 0.15) is 0 Å². The van der Waals surface area contributed by atoms with Crippen LogP contribution >= 0.6 is 0 Å². The van der Waals surface area contributed by atoms with Crippen molar-refractivity contribution in [2.45, 2.75) is 4.90 Å². The van der Waals surface area contributed by atoms with Crippen LogP contribution in [0.15, 0.2) is 28.0 Å². The largest absolute Gasteiger partial charge is 0.379 e. The minimum Gasteiger partial charge on any atom is -0.379 e. The van der Waals surface area contributed by atoms with Crippen LogP contribution in [0.25, 0.3) is 5.65 Å². The molecule has 2 aromatic rings. The van der Waals surface area contributed by atoms with E-state index in [1.165, 1.54) is 27.0 Å². The quantitative estimate of drug-likeness (QED) is 0.766. The summed E-state index contributed by atoms with van der Waals surface area (Å²) in [5.74, 6) is 0. The van der Waals surface area contributed by atoms with Crippen molar-refractivity contribution in [3.05, 3.63) is 28.8 Å². The van der Waals surface area contributed by atoms with Crippen molar-refractivity contribution in [3.63, 3.8) is 0 Å². The molecular formula is C10H12N4O4S. The molecule has 1 saturated heterocycles. The second-order valence-electron chi connectivity index (χ2n) is 4.14. The molecule has 0 aliphatic carbocycles. The standard InChI is InChI=1S/C10H12N4O4S/c15-10-12-11-9-2-1-8(7-14(9)10)19(16,17)13-3-5-18-6-4-13/h1-2,7H,3-6H2,(H,12,15). The van der Waals surface area contributed by atoms with E-state index in [0.29, 0.717) is 32.0 Å². The second kappa shape index (κ2) is 4.44. The van der Waals surface area contributed by atoms with E-state index in [2.05, 4.69) is 10.2 Å². The lowest BCUT2D eigenvalue weighted by Crippen LogP contribution is -2.40. The Balaban J connectivity index is 2.07. The molecule has 1 aliphatic rings. The summed E-state index contributed by atoms with van der Waals surface area (Å²) in [6.45, 7) is 1.40. The molecule has 8 nitrogen and oxygen atoms in total. The zero-order valence-electron chi connectivity index (χ0n) is 9.94. The van der Waals surface area contributed by atoms with Gasteiger partial charge < -0.3 is 4.74 Å². The summed E-state index contributed by atoms with van der Waals surface area (Å²) in [4.78, 5) is 11.5. The third-order valence-corrected chi connectivity index (χ3v) is 4.87. The average molecular weight is 284 g/mol. The Morgan fingerprint density at radius 1 is 1.26 bits per heavy atom. The number of ether oxygens (including phenoxy) is 1. The molecule has 19 heavy (non-hydrogen) atoms. The lowest BCUT2D eigenvalue weighted by atomic mass is 10.5. The van der Waals surface area contributed by atoms with Crippen LogP contribution in [0.2, 0.25) is 0 Å². The second-order valence-corrected chi connectivity index (χ2v) is 6.08. The fraction of sp³-hybridized carbons (Fsp3) is 0.400. The average Bonchev–Trinajstić information content (AvgIpc) is 2.81. The molecule has 3 heterocycles. The zero-order chi connectivity index (χ0) is 13.5. The van der Waals surface area contributed by atoms with Gasteiger partial charge in [0.2, 0.25) is 10.0 Å². The van der Waals surface area contributed by atoms with E-state index in [1.807, 2.05) is 0 Å². The van der Waals surface area contributed by atoms with E-state index >= 15 is 0 Å². The van der Waals surface area contributed by atoms with Gasteiger partial charge in [-0.3, -0.25) is 0 Å². The number of nitrogens with one attached hydrogen (secondary N) is 1. The Hall–Kier alpha value is -1.71. The van der Waals surface area contributed by atoms with Crippen LogP contribution in [0.4, 0.5) is 0 Å². The minimum atomic E-state index is -3.60.